The Labute approximate surface area is 109 Å². The van der Waals surface area contributed by atoms with Crippen molar-refractivity contribution in [2.24, 2.45) is 11.7 Å². The average Bonchev–Trinajstić information content (AvgIpc) is 2.55. The molecule has 1 heterocycles. The SMILES string of the molecule is CC1CCCN(Cc2cc(F)ccc2CN)CC1. The van der Waals surface area contributed by atoms with Gasteiger partial charge in [-0.1, -0.05) is 13.0 Å². The van der Waals surface area contributed by atoms with E-state index in [0.717, 1.165) is 36.7 Å². The summed E-state index contributed by atoms with van der Waals surface area (Å²) in [5.41, 5.74) is 7.83. The molecule has 1 aromatic carbocycles. The Morgan fingerprint density at radius 1 is 1.28 bits per heavy atom. The molecule has 1 aromatic rings. The summed E-state index contributed by atoms with van der Waals surface area (Å²) < 4.78 is 13.3. The summed E-state index contributed by atoms with van der Waals surface area (Å²) in [5.74, 6) is 0.655. The number of hydrogen-bond acceptors (Lipinski definition) is 2. The highest BCUT2D eigenvalue weighted by molar-refractivity contribution is 5.27. The Balaban J connectivity index is 2.05. The monoisotopic (exact) mass is 250 g/mol. The van der Waals surface area contributed by atoms with Crippen molar-refractivity contribution in [3.63, 3.8) is 0 Å². The summed E-state index contributed by atoms with van der Waals surface area (Å²) >= 11 is 0. The maximum absolute atomic E-state index is 13.3. The van der Waals surface area contributed by atoms with Gasteiger partial charge in [-0.2, -0.15) is 0 Å². The molecule has 1 fully saturated rings. The summed E-state index contributed by atoms with van der Waals surface area (Å²) in [7, 11) is 0. The lowest BCUT2D eigenvalue weighted by Gasteiger charge is -2.21. The number of nitrogens with two attached hydrogens (primary N) is 1. The first kappa shape index (κ1) is 13.5. The van der Waals surface area contributed by atoms with Crippen LogP contribution in [0.15, 0.2) is 18.2 Å². The fourth-order valence-electron chi connectivity index (χ4n) is 2.66. The van der Waals surface area contributed by atoms with Crippen molar-refractivity contribution >= 4 is 0 Å². The van der Waals surface area contributed by atoms with Crippen molar-refractivity contribution in [2.75, 3.05) is 13.1 Å². The van der Waals surface area contributed by atoms with Crippen LogP contribution in [0.5, 0.6) is 0 Å². The minimum atomic E-state index is -0.162. The summed E-state index contributed by atoms with van der Waals surface area (Å²) in [6.45, 7) is 5.86. The Morgan fingerprint density at radius 2 is 2.11 bits per heavy atom. The van der Waals surface area contributed by atoms with Crippen LogP contribution >= 0.6 is 0 Å². The van der Waals surface area contributed by atoms with Crippen molar-refractivity contribution in [3.05, 3.63) is 35.1 Å². The van der Waals surface area contributed by atoms with Crippen LogP contribution in [0.2, 0.25) is 0 Å². The third-order valence-corrected chi connectivity index (χ3v) is 3.89. The van der Waals surface area contributed by atoms with Gasteiger partial charge in [-0.05, 0) is 61.5 Å². The van der Waals surface area contributed by atoms with Gasteiger partial charge in [0.1, 0.15) is 5.82 Å². The second-order valence-corrected chi connectivity index (χ2v) is 5.43. The van der Waals surface area contributed by atoms with Crippen molar-refractivity contribution in [1.82, 2.24) is 4.90 Å². The molecule has 2 rings (SSSR count). The number of nitrogens with zero attached hydrogens (tertiary/aromatic N) is 1. The zero-order valence-electron chi connectivity index (χ0n) is 11.2. The highest BCUT2D eigenvalue weighted by atomic mass is 19.1. The topological polar surface area (TPSA) is 29.3 Å². The molecule has 0 aromatic heterocycles. The molecule has 0 saturated carbocycles. The largest absolute Gasteiger partial charge is 0.326 e. The molecule has 0 bridgehead atoms. The van der Waals surface area contributed by atoms with Gasteiger partial charge in [-0.3, -0.25) is 4.90 Å². The van der Waals surface area contributed by atoms with Gasteiger partial charge in [-0.15, -0.1) is 0 Å². The number of halogens is 1. The zero-order valence-corrected chi connectivity index (χ0v) is 11.2. The van der Waals surface area contributed by atoms with Crippen LogP contribution in [0, 0.1) is 11.7 Å². The molecule has 0 radical (unpaired) electrons. The van der Waals surface area contributed by atoms with Gasteiger partial charge >= 0.3 is 0 Å². The van der Waals surface area contributed by atoms with E-state index in [1.54, 1.807) is 6.07 Å². The van der Waals surface area contributed by atoms with Gasteiger partial charge in [-0.25, -0.2) is 4.39 Å². The molecular formula is C15H23FN2. The van der Waals surface area contributed by atoms with Gasteiger partial charge < -0.3 is 5.73 Å². The molecule has 100 valence electrons. The third kappa shape index (κ3) is 3.53. The standard InChI is InChI=1S/C15H23FN2/c1-12-3-2-7-18(8-6-12)11-14-9-15(16)5-4-13(14)10-17/h4-5,9,12H,2-3,6-8,10-11,17H2,1H3. The molecule has 1 saturated heterocycles. The van der Waals surface area contributed by atoms with Gasteiger partial charge in [0.2, 0.25) is 0 Å². The first-order chi connectivity index (χ1) is 8.69. The van der Waals surface area contributed by atoms with Crippen LogP contribution in [0.25, 0.3) is 0 Å². The van der Waals surface area contributed by atoms with Crippen molar-refractivity contribution < 1.29 is 4.39 Å². The van der Waals surface area contributed by atoms with Crippen LogP contribution in [-0.2, 0) is 13.1 Å². The molecule has 0 spiro atoms. The van der Waals surface area contributed by atoms with Gasteiger partial charge in [0.25, 0.3) is 0 Å². The fraction of sp³-hybridized carbons (Fsp3) is 0.600. The van der Waals surface area contributed by atoms with E-state index in [4.69, 9.17) is 5.73 Å². The summed E-state index contributed by atoms with van der Waals surface area (Å²) in [6, 6.07) is 4.94. The van der Waals surface area contributed by atoms with Crippen molar-refractivity contribution in [3.8, 4) is 0 Å². The molecule has 0 aliphatic carbocycles. The van der Waals surface area contributed by atoms with E-state index in [9.17, 15) is 4.39 Å². The lowest BCUT2D eigenvalue weighted by Crippen LogP contribution is -2.25. The fourth-order valence-corrected chi connectivity index (χ4v) is 2.66. The van der Waals surface area contributed by atoms with E-state index in [1.807, 2.05) is 6.07 Å². The highest BCUT2D eigenvalue weighted by Gasteiger charge is 2.15. The third-order valence-electron chi connectivity index (χ3n) is 3.89. The predicted octanol–water partition coefficient (Wildman–Crippen LogP) is 2.91. The van der Waals surface area contributed by atoms with Gasteiger partial charge in [0.05, 0.1) is 0 Å². The van der Waals surface area contributed by atoms with Gasteiger partial charge in [0, 0.05) is 13.1 Å². The maximum atomic E-state index is 13.3. The van der Waals surface area contributed by atoms with Crippen LogP contribution in [0.1, 0.15) is 37.3 Å². The minimum Gasteiger partial charge on any atom is -0.326 e. The Morgan fingerprint density at radius 3 is 2.89 bits per heavy atom. The highest BCUT2D eigenvalue weighted by Crippen LogP contribution is 2.20. The van der Waals surface area contributed by atoms with Crippen LogP contribution in [0.3, 0.4) is 0 Å². The lowest BCUT2D eigenvalue weighted by molar-refractivity contribution is 0.272. The van der Waals surface area contributed by atoms with E-state index in [-0.39, 0.29) is 5.82 Å². The van der Waals surface area contributed by atoms with Crippen molar-refractivity contribution in [2.45, 2.75) is 39.3 Å². The first-order valence-electron chi connectivity index (χ1n) is 6.88. The second kappa shape index (κ2) is 6.30. The normalized spacial score (nSPS) is 21.8. The first-order valence-corrected chi connectivity index (χ1v) is 6.88. The second-order valence-electron chi connectivity index (χ2n) is 5.43. The zero-order chi connectivity index (χ0) is 13.0. The molecule has 1 atom stereocenters. The summed E-state index contributed by atoms with van der Waals surface area (Å²) in [5, 5.41) is 0. The summed E-state index contributed by atoms with van der Waals surface area (Å²) in [6.07, 6.45) is 3.80. The predicted molar refractivity (Wildman–Crippen MR) is 72.6 cm³/mol. The molecule has 0 amide bonds. The quantitative estimate of drug-likeness (QED) is 0.893. The number of benzene rings is 1. The van der Waals surface area contributed by atoms with E-state index in [1.165, 1.54) is 25.3 Å². The van der Waals surface area contributed by atoms with E-state index < -0.39 is 0 Å². The lowest BCUT2D eigenvalue weighted by atomic mass is 10.0. The molecule has 1 aliphatic rings. The van der Waals surface area contributed by atoms with Crippen LogP contribution in [0.4, 0.5) is 4.39 Å². The van der Waals surface area contributed by atoms with Crippen LogP contribution < -0.4 is 5.73 Å². The Kier molecular flexibility index (Phi) is 4.72. The molecule has 1 aliphatic heterocycles. The molecule has 1 unspecified atom stereocenters. The van der Waals surface area contributed by atoms with E-state index in [2.05, 4.69) is 11.8 Å². The average molecular weight is 250 g/mol. The number of likely N-dealkylation sites (tertiary alicyclic amines) is 1. The number of rotatable bonds is 3. The van der Waals surface area contributed by atoms with E-state index in [0.29, 0.717) is 6.54 Å². The van der Waals surface area contributed by atoms with Gasteiger partial charge in [0.15, 0.2) is 0 Å². The smallest absolute Gasteiger partial charge is 0.123 e. The molecule has 3 heteroatoms. The van der Waals surface area contributed by atoms with E-state index >= 15 is 0 Å². The van der Waals surface area contributed by atoms with Crippen LogP contribution in [-0.4, -0.2) is 18.0 Å². The maximum Gasteiger partial charge on any atom is 0.123 e. The summed E-state index contributed by atoms with van der Waals surface area (Å²) in [4.78, 5) is 2.43. The molecule has 2 N–H and O–H groups in total. The van der Waals surface area contributed by atoms with Crippen molar-refractivity contribution in [1.29, 1.82) is 0 Å². The molecule has 2 nitrogen and oxygen atoms in total. The Hall–Kier alpha value is -0.930. The minimum absolute atomic E-state index is 0.162. The molecular weight excluding hydrogens is 227 g/mol. The molecule has 18 heavy (non-hydrogen) atoms. The Bertz CT molecular complexity index is 392. The number of hydrogen-bond donors (Lipinski definition) is 1.